The summed E-state index contributed by atoms with van der Waals surface area (Å²) in [7, 11) is 0. The van der Waals surface area contributed by atoms with E-state index in [2.05, 4.69) is 97.1 Å². The van der Waals surface area contributed by atoms with Crippen LogP contribution in [0.15, 0.2) is 97.1 Å². The van der Waals surface area contributed by atoms with Crippen LogP contribution in [0.4, 0.5) is 0 Å². The summed E-state index contributed by atoms with van der Waals surface area (Å²) in [4.78, 5) is 0. The van der Waals surface area contributed by atoms with Crippen LogP contribution in [-0.4, -0.2) is 0 Å². The zero-order chi connectivity index (χ0) is 15.9. The smallest absolute Gasteiger partial charge is 0.00204 e. The van der Waals surface area contributed by atoms with Gasteiger partial charge < -0.3 is 0 Å². The molecular formula is C24H16. The maximum absolute atomic E-state index is 2.25. The molecule has 0 spiro atoms. The van der Waals surface area contributed by atoms with E-state index >= 15 is 0 Å². The second kappa shape index (κ2) is 5.21. The van der Waals surface area contributed by atoms with Crippen LogP contribution in [0.2, 0.25) is 0 Å². The molecule has 0 saturated carbocycles. The third-order valence-corrected chi connectivity index (χ3v) is 4.85. The summed E-state index contributed by atoms with van der Waals surface area (Å²) >= 11 is 0. The topological polar surface area (TPSA) is 0 Å². The molecule has 0 atom stereocenters. The maximum Gasteiger partial charge on any atom is -0.00204 e. The largest absolute Gasteiger partial charge is 0.0622 e. The minimum absolute atomic E-state index is 1.27. The minimum atomic E-state index is 1.27. The van der Waals surface area contributed by atoms with Crippen molar-refractivity contribution in [3.63, 3.8) is 0 Å². The summed E-state index contributed by atoms with van der Waals surface area (Å²) < 4.78 is 0. The Balaban J connectivity index is 2.09. The van der Waals surface area contributed by atoms with Gasteiger partial charge in [-0.1, -0.05) is 97.1 Å². The molecule has 0 aliphatic carbocycles. The van der Waals surface area contributed by atoms with Crippen LogP contribution in [0.5, 0.6) is 0 Å². The van der Waals surface area contributed by atoms with Crippen molar-refractivity contribution in [3.05, 3.63) is 97.1 Å². The molecule has 0 aliphatic heterocycles. The summed E-state index contributed by atoms with van der Waals surface area (Å²) in [5.74, 6) is 0. The van der Waals surface area contributed by atoms with Gasteiger partial charge in [0.25, 0.3) is 0 Å². The summed E-state index contributed by atoms with van der Waals surface area (Å²) in [6.45, 7) is 0. The maximum atomic E-state index is 2.25. The molecule has 0 nitrogen and oxygen atoms in total. The highest BCUT2D eigenvalue weighted by Gasteiger charge is 2.11. The zero-order valence-electron chi connectivity index (χ0n) is 13.2. The van der Waals surface area contributed by atoms with E-state index in [1.54, 1.807) is 0 Å². The first-order valence-corrected chi connectivity index (χ1v) is 8.31. The van der Waals surface area contributed by atoms with E-state index in [0.717, 1.165) is 0 Å². The van der Waals surface area contributed by atoms with Gasteiger partial charge in [-0.2, -0.15) is 0 Å². The van der Waals surface area contributed by atoms with E-state index in [-0.39, 0.29) is 0 Å². The zero-order valence-corrected chi connectivity index (χ0v) is 13.2. The standard InChI is InChI=1S/C24H16/c1-2-9-17(10-3-1)18-15-8-16-23-21-12-5-4-11-19(21)20-13-6-7-14-22(20)24(18)23/h1-16H. The SMILES string of the molecule is c1ccc(-c2cccc3c4ccccc4c4ccccc4c23)cc1. The van der Waals surface area contributed by atoms with Gasteiger partial charge in [0, 0.05) is 0 Å². The predicted molar refractivity (Wildman–Crippen MR) is 104 cm³/mol. The summed E-state index contributed by atoms with van der Waals surface area (Å²) in [6, 6.07) is 34.8. The Hall–Kier alpha value is -3.12. The molecule has 0 aliphatic rings. The number of hydrogen-bond donors (Lipinski definition) is 0. The van der Waals surface area contributed by atoms with Crippen LogP contribution in [0, 0.1) is 0 Å². The Labute approximate surface area is 141 Å². The molecule has 0 fully saturated rings. The lowest BCUT2D eigenvalue weighted by Crippen LogP contribution is -1.86. The molecule has 0 heterocycles. The van der Waals surface area contributed by atoms with Crippen molar-refractivity contribution in [2.75, 3.05) is 0 Å². The van der Waals surface area contributed by atoms with Gasteiger partial charge in [0.2, 0.25) is 0 Å². The Kier molecular flexibility index (Phi) is 2.89. The number of benzene rings is 5. The molecule has 0 unspecified atom stereocenters. The van der Waals surface area contributed by atoms with E-state index in [4.69, 9.17) is 0 Å². The van der Waals surface area contributed by atoms with Crippen LogP contribution < -0.4 is 0 Å². The molecule has 5 rings (SSSR count). The van der Waals surface area contributed by atoms with Crippen molar-refractivity contribution in [2.24, 2.45) is 0 Å². The van der Waals surface area contributed by atoms with Gasteiger partial charge >= 0.3 is 0 Å². The predicted octanol–water partition coefficient (Wildman–Crippen LogP) is 6.81. The Bertz CT molecular complexity index is 1140. The van der Waals surface area contributed by atoms with Crippen molar-refractivity contribution in [1.29, 1.82) is 0 Å². The molecule has 5 aromatic rings. The van der Waals surface area contributed by atoms with E-state index in [1.165, 1.54) is 43.4 Å². The highest BCUT2D eigenvalue weighted by Crippen LogP contribution is 2.39. The second-order valence-corrected chi connectivity index (χ2v) is 6.19. The molecule has 0 bridgehead atoms. The Morgan fingerprint density at radius 1 is 0.333 bits per heavy atom. The van der Waals surface area contributed by atoms with E-state index in [0.29, 0.717) is 0 Å². The molecule has 5 aromatic carbocycles. The van der Waals surface area contributed by atoms with Gasteiger partial charge in [-0.15, -0.1) is 0 Å². The highest BCUT2D eigenvalue weighted by atomic mass is 14.1. The highest BCUT2D eigenvalue weighted by molar-refractivity contribution is 6.28. The monoisotopic (exact) mass is 304 g/mol. The van der Waals surface area contributed by atoms with Crippen LogP contribution in [-0.2, 0) is 0 Å². The fraction of sp³-hybridized carbons (Fsp3) is 0. The van der Waals surface area contributed by atoms with Gasteiger partial charge in [0.05, 0.1) is 0 Å². The van der Waals surface area contributed by atoms with Crippen molar-refractivity contribution < 1.29 is 0 Å². The lowest BCUT2D eigenvalue weighted by Gasteiger charge is -2.14. The molecule has 112 valence electrons. The van der Waals surface area contributed by atoms with Crippen LogP contribution >= 0.6 is 0 Å². The molecule has 0 saturated heterocycles. The number of hydrogen-bond acceptors (Lipinski definition) is 0. The molecule has 0 radical (unpaired) electrons. The second-order valence-electron chi connectivity index (χ2n) is 6.19. The first kappa shape index (κ1) is 13.3. The Morgan fingerprint density at radius 2 is 0.792 bits per heavy atom. The molecule has 0 aromatic heterocycles. The van der Waals surface area contributed by atoms with Gasteiger partial charge in [-0.3, -0.25) is 0 Å². The van der Waals surface area contributed by atoms with E-state index < -0.39 is 0 Å². The molecule has 0 N–H and O–H groups in total. The molecule has 0 heteroatoms. The normalized spacial score (nSPS) is 11.3. The Morgan fingerprint density at radius 3 is 1.42 bits per heavy atom. The van der Waals surface area contributed by atoms with Crippen molar-refractivity contribution in [3.8, 4) is 11.1 Å². The lowest BCUT2D eigenvalue weighted by atomic mass is 9.89. The summed E-state index contributed by atoms with van der Waals surface area (Å²) in [5.41, 5.74) is 2.57. The van der Waals surface area contributed by atoms with Crippen LogP contribution in [0.3, 0.4) is 0 Å². The summed E-state index contributed by atoms with van der Waals surface area (Å²) in [6.07, 6.45) is 0. The minimum Gasteiger partial charge on any atom is -0.0622 e. The quantitative estimate of drug-likeness (QED) is 0.298. The van der Waals surface area contributed by atoms with E-state index in [9.17, 15) is 0 Å². The van der Waals surface area contributed by atoms with Gasteiger partial charge in [0.1, 0.15) is 0 Å². The summed E-state index contributed by atoms with van der Waals surface area (Å²) in [5, 5.41) is 7.97. The van der Waals surface area contributed by atoms with Gasteiger partial charge in [-0.05, 0) is 43.4 Å². The average molecular weight is 304 g/mol. The number of fused-ring (bicyclic) bond motifs is 6. The number of rotatable bonds is 1. The van der Waals surface area contributed by atoms with Crippen LogP contribution in [0.25, 0.3) is 43.4 Å². The average Bonchev–Trinajstić information content (AvgIpc) is 2.68. The van der Waals surface area contributed by atoms with Crippen molar-refractivity contribution in [2.45, 2.75) is 0 Å². The fourth-order valence-electron chi connectivity index (χ4n) is 3.81. The van der Waals surface area contributed by atoms with Crippen molar-refractivity contribution >= 4 is 32.3 Å². The third-order valence-electron chi connectivity index (χ3n) is 4.85. The van der Waals surface area contributed by atoms with Gasteiger partial charge in [-0.25, -0.2) is 0 Å². The first-order chi connectivity index (χ1) is 11.9. The molecule has 24 heavy (non-hydrogen) atoms. The van der Waals surface area contributed by atoms with Gasteiger partial charge in [0.15, 0.2) is 0 Å². The first-order valence-electron chi connectivity index (χ1n) is 8.31. The fourth-order valence-corrected chi connectivity index (χ4v) is 3.81. The lowest BCUT2D eigenvalue weighted by molar-refractivity contribution is 1.66. The third kappa shape index (κ3) is 1.87. The molecular weight excluding hydrogens is 288 g/mol. The van der Waals surface area contributed by atoms with Crippen molar-refractivity contribution in [1.82, 2.24) is 0 Å². The van der Waals surface area contributed by atoms with Crippen LogP contribution in [0.1, 0.15) is 0 Å². The molecule has 0 amide bonds. The van der Waals surface area contributed by atoms with E-state index in [1.807, 2.05) is 0 Å².